The van der Waals surface area contributed by atoms with Crippen LogP contribution in [0.25, 0.3) is 0 Å². The fourth-order valence-electron chi connectivity index (χ4n) is 5.33. The molecule has 2 aliphatic rings. The van der Waals surface area contributed by atoms with Gasteiger partial charge in [0.15, 0.2) is 0 Å². The Balaban J connectivity index is 2.52. The zero-order valence-corrected chi connectivity index (χ0v) is 23.2. The van der Waals surface area contributed by atoms with E-state index in [2.05, 4.69) is 75.0 Å². The van der Waals surface area contributed by atoms with E-state index in [1.165, 1.54) is 0 Å². The van der Waals surface area contributed by atoms with Crippen molar-refractivity contribution in [1.29, 1.82) is 0 Å². The summed E-state index contributed by atoms with van der Waals surface area (Å²) in [7, 11) is 0. The van der Waals surface area contributed by atoms with Gasteiger partial charge in [-0.05, 0) is 52.4 Å². The Bertz CT molecular complexity index is 531. The van der Waals surface area contributed by atoms with Crippen molar-refractivity contribution in [2.75, 3.05) is 78.9 Å². The topological polar surface area (TPSA) is 56.8 Å². The van der Waals surface area contributed by atoms with Crippen molar-refractivity contribution in [3.63, 3.8) is 0 Å². The van der Waals surface area contributed by atoms with Gasteiger partial charge in [-0.15, -0.1) is 0 Å². The Hall–Kier alpha value is -1.42. The van der Waals surface area contributed by atoms with Gasteiger partial charge in [0.2, 0.25) is 5.91 Å². The molecule has 0 N–H and O–H groups in total. The summed E-state index contributed by atoms with van der Waals surface area (Å²) < 4.78 is 0. The lowest BCUT2D eigenvalue weighted by molar-refractivity contribution is -0.136. The molecule has 0 aromatic rings. The van der Waals surface area contributed by atoms with Crippen molar-refractivity contribution in [2.45, 2.75) is 67.6 Å². The second kappa shape index (κ2) is 13.6. The minimum atomic E-state index is -0.225. The predicted molar refractivity (Wildman–Crippen MR) is 138 cm³/mol. The largest absolute Gasteiger partial charge is 0.324 e. The molecule has 0 spiro atoms. The Kier molecular flexibility index (Phi) is 11.5. The van der Waals surface area contributed by atoms with Crippen LogP contribution >= 0.6 is 0 Å². The van der Waals surface area contributed by atoms with Crippen LogP contribution in [-0.4, -0.2) is 137 Å². The number of hydrogen-bond donors (Lipinski definition) is 0. The Morgan fingerprint density at radius 1 is 0.559 bits per heavy atom. The highest BCUT2D eigenvalue weighted by molar-refractivity contribution is 5.88. The van der Waals surface area contributed by atoms with Crippen LogP contribution in [0.2, 0.25) is 0 Å². The van der Waals surface area contributed by atoms with Crippen molar-refractivity contribution in [1.82, 2.24) is 34.3 Å². The minimum absolute atomic E-state index is 0.0652. The number of urea groups is 1. The van der Waals surface area contributed by atoms with Gasteiger partial charge in [0.25, 0.3) is 0 Å². The molecule has 198 valence electrons. The zero-order valence-electron chi connectivity index (χ0n) is 23.2. The molecule has 2 heterocycles. The van der Waals surface area contributed by atoms with Crippen LogP contribution in [0.3, 0.4) is 0 Å². The summed E-state index contributed by atoms with van der Waals surface area (Å²) >= 11 is 0. The summed E-state index contributed by atoms with van der Waals surface area (Å²) in [5, 5.41) is 0. The van der Waals surface area contributed by atoms with Crippen molar-refractivity contribution in [3.05, 3.63) is 0 Å². The molecule has 2 saturated heterocycles. The number of likely N-dealkylation sites (tertiary alicyclic amines) is 1. The molecule has 9 heteroatoms. The van der Waals surface area contributed by atoms with Crippen LogP contribution < -0.4 is 0 Å². The fourth-order valence-corrected chi connectivity index (χ4v) is 5.33. The lowest BCUT2D eigenvalue weighted by Gasteiger charge is -2.36. The van der Waals surface area contributed by atoms with Gasteiger partial charge >= 0.3 is 6.03 Å². The molecule has 34 heavy (non-hydrogen) atoms. The van der Waals surface area contributed by atoms with E-state index in [1.807, 2.05) is 14.7 Å². The Morgan fingerprint density at radius 3 is 1.35 bits per heavy atom. The average Bonchev–Trinajstić information content (AvgIpc) is 3.27. The number of nitrogens with zero attached hydrogens (tertiary/aromatic N) is 7. The lowest BCUT2D eigenvalue weighted by Crippen LogP contribution is -2.53. The predicted octanol–water partition coefficient (Wildman–Crippen LogP) is 2.12. The number of rotatable bonds is 16. The third kappa shape index (κ3) is 6.04. The fraction of sp³-hybridized carbons (Fsp3) is 0.920. The molecule has 3 atom stereocenters. The summed E-state index contributed by atoms with van der Waals surface area (Å²) in [6, 6.07) is -0.0669. The molecule has 0 aromatic carbocycles. The molecule has 0 bridgehead atoms. The minimum Gasteiger partial charge on any atom is -0.306 e. The number of fused-ring (bicyclic) bond motifs is 1. The molecule has 0 saturated carbocycles. The van der Waals surface area contributed by atoms with Gasteiger partial charge < -0.3 is 14.7 Å². The maximum atomic E-state index is 14.0. The first-order valence-electron chi connectivity index (χ1n) is 13.6. The average molecular weight is 482 g/mol. The van der Waals surface area contributed by atoms with E-state index in [-0.39, 0.29) is 30.1 Å². The van der Waals surface area contributed by atoms with Gasteiger partial charge in [0.1, 0.15) is 6.17 Å². The van der Waals surface area contributed by atoms with Crippen LogP contribution in [0.4, 0.5) is 4.79 Å². The summed E-state index contributed by atoms with van der Waals surface area (Å²) in [6.07, 6.45) is -0.225. The van der Waals surface area contributed by atoms with Gasteiger partial charge in [-0.25, -0.2) is 4.79 Å². The normalized spacial score (nSPS) is 23.1. The molecular formula is C25H51N7O2. The summed E-state index contributed by atoms with van der Waals surface area (Å²) in [6.45, 7) is 26.6. The number of amides is 3. The van der Waals surface area contributed by atoms with Crippen LogP contribution in [0.5, 0.6) is 0 Å². The highest BCUT2D eigenvalue weighted by Gasteiger charge is 2.60. The number of carbonyl (C=O) groups excluding carboxylic acids is 2. The molecule has 2 aliphatic heterocycles. The molecule has 2 fully saturated rings. The highest BCUT2D eigenvalue weighted by Crippen LogP contribution is 2.38. The summed E-state index contributed by atoms with van der Waals surface area (Å²) in [4.78, 5) is 43.1. The van der Waals surface area contributed by atoms with Gasteiger partial charge in [0, 0.05) is 6.54 Å². The molecular weight excluding hydrogens is 430 g/mol. The number of hydrogen-bond acceptors (Lipinski definition) is 6. The Morgan fingerprint density at radius 2 is 0.941 bits per heavy atom. The second-order valence-electron chi connectivity index (χ2n) is 9.36. The lowest BCUT2D eigenvalue weighted by atomic mass is 10.00. The standard InChI is InChI=1S/C25H51N7O2/c1-9-26(10-2)17-21-22-23(31(24(21)33)19-28(13-5)14-6)32(20-29(15-7)16-8)25(34)30(22)18-27(11-3)12-4/h21-23H,9-20H2,1-8H3/t21-,22-,23+/m1/s1. The van der Waals surface area contributed by atoms with Crippen molar-refractivity contribution in [2.24, 2.45) is 5.92 Å². The van der Waals surface area contributed by atoms with Crippen LogP contribution in [0.15, 0.2) is 0 Å². The quantitative estimate of drug-likeness (QED) is 0.337. The summed E-state index contributed by atoms with van der Waals surface area (Å²) in [5.41, 5.74) is 0. The summed E-state index contributed by atoms with van der Waals surface area (Å²) in [5.74, 6) is -0.0166. The Labute approximate surface area is 208 Å². The molecule has 0 aromatic heterocycles. The highest BCUT2D eigenvalue weighted by atomic mass is 16.2. The van der Waals surface area contributed by atoms with Crippen molar-refractivity contribution >= 4 is 11.9 Å². The second-order valence-corrected chi connectivity index (χ2v) is 9.36. The maximum absolute atomic E-state index is 14.0. The van der Waals surface area contributed by atoms with E-state index in [0.29, 0.717) is 26.6 Å². The third-order valence-corrected chi connectivity index (χ3v) is 7.90. The molecule has 0 aliphatic carbocycles. The van der Waals surface area contributed by atoms with Crippen LogP contribution in [-0.2, 0) is 4.79 Å². The zero-order chi connectivity index (χ0) is 25.4. The van der Waals surface area contributed by atoms with E-state index in [0.717, 1.165) is 52.4 Å². The first kappa shape index (κ1) is 28.8. The van der Waals surface area contributed by atoms with Crippen LogP contribution in [0.1, 0.15) is 55.4 Å². The van der Waals surface area contributed by atoms with Gasteiger partial charge in [0.05, 0.1) is 32.0 Å². The van der Waals surface area contributed by atoms with E-state index in [4.69, 9.17) is 0 Å². The van der Waals surface area contributed by atoms with Crippen molar-refractivity contribution < 1.29 is 9.59 Å². The number of carbonyl (C=O) groups is 2. The third-order valence-electron chi connectivity index (χ3n) is 7.90. The van der Waals surface area contributed by atoms with Crippen molar-refractivity contribution in [3.8, 4) is 0 Å². The smallest absolute Gasteiger partial charge is 0.306 e. The van der Waals surface area contributed by atoms with E-state index in [1.54, 1.807) is 0 Å². The first-order valence-corrected chi connectivity index (χ1v) is 13.6. The van der Waals surface area contributed by atoms with Gasteiger partial charge in [-0.3, -0.25) is 24.4 Å². The van der Waals surface area contributed by atoms with Gasteiger partial charge in [-0.1, -0.05) is 55.4 Å². The monoisotopic (exact) mass is 481 g/mol. The van der Waals surface area contributed by atoms with E-state index < -0.39 is 0 Å². The molecule has 0 unspecified atom stereocenters. The molecule has 3 amide bonds. The van der Waals surface area contributed by atoms with E-state index >= 15 is 0 Å². The SMILES string of the molecule is CCN(CC)C[C@H]1C(=O)N(CN(CC)CC)[C@@H]2[C@@H]1N(CN(CC)CC)C(=O)N2CN(CC)CC. The van der Waals surface area contributed by atoms with E-state index in [9.17, 15) is 9.59 Å². The molecule has 9 nitrogen and oxygen atoms in total. The maximum Gasteiger partial charge on any atom is 0.324 e. The molecule has 2 rings (SSSR count). The van der Waals surface area contributed by atoms with Crippen LogP contribution in [0, 0.1) is 5.92 Å². The molecule has 0 radical (unpaired) electrons. The first-order chi connectivity index (χ1) is 16.3. The van der Waals surface area contributed by atoms with Gasteiger partial charge in [-0.2, -0.15) is 0 Å².